The summed E-state index contributed by atoms with van der Waals surface area (Å²) in [7, 11) is 0. The molecule has 5 nitrogen and oxygen atoms in total. The lowest BCUT2D eigenvalue weighted by Crippen LogP contribution is -2.02. The first kappa shape index (κ1) is 28.8. The highest BCUT2D eigenvalue weighted by atomic mass is 15.0. The molecule has 0 aliphatic heterocycles. The zero-order valence-corrected chi connectivity index (χ0v) is 26.7. The van der Waals surface area contributed by atoms with Crippen molar-refractivity contribution in [2.24, 2.45) is 0 Å². The molecule has 230 valence electrons. The summed E-state index contributed by atoms with van der Waals surface area (Å²) in [5, 5.41) is 15.0. The first-order valence-corrected chi connectivity index (χ1v) is 16.2. The van der Waals surface area contributed by atoms with Gasteiger partial charge in [0.2, 0.25) is 0 Å². The minimum absolute atomic E-state index is 0.530. The first-order chi connectivity index (χ1) is 24.7. The number of para-hydroxylation sites is 3. The van der Waals surface area contributed by atoms with E-state index in [0.717, 1.165) is 66.5 Å². The van der Waals surface area contributed by atoms with Crippen LogP contribution in [0.5, 0.6) is 0 Å². The molecule has 0 bridgehead atoms. The molecule has 0 amide bonds. The largest absolute Gasteiger partial charge is 0.309 e. The monoisotopic (exact) mass is 635 g/mol. The average molecular weight is 636 g/mol. The number of nitriles is 1. The van der Waals surface area contributed by atoms with E-state index in [4.69, 9.17) is 13.1 Å². The summed E-state index contributed by atoms with van der Waals surface area (Å²) in [6, 6.07) is 53.5. The number of nitrogens with zero attached hydrogens (tertiary/aromatic N) is 5. The quantitative estimate of drug-likeness (QED) is 0.177. The van der Waals surface area contributed by atoms with Gasteiger partial charge in [-0.15, -0.1) is 0 Å². The highest BCUT2D eigenvalue weighted by molar-refractivity contribution is 6.12. The molecule has 0 atom stereocenters. The standard InChI is InChI=1S/C45H25N5/c1-47-31-20-22-43-37(25-31)38-26-32(48-2)21-23-44(38)49(43)33-24-30(28-46)45(29-12-4-3-5-13-29)39(27-33)36-16-8-11-19-42(36)50-40-17-9-6-14-34(40)35-15-7-10-18-41(35)50/h3-27H. The van der Waals surface area contributed by atoms with Crippen LogP contribution in [0, 0.1) is 24.5 Å². The maximum atomic E-state index is 10.8. The molecule has 0 saturated carbocycles. The van der Waals surface area contributed by atoms with Gasteiger partial charge < -0.3 is 9.13 Å². The van der Waals surface area contributed by atoms with Gasteiger partial charge in [-0.1, -0.05) is 97.1 Å². The second kappa shape index (κ2) is 11.4. The fourth-order valence-corrected chi connectivity index (χ4v) is 7.47. The Morgan fingerprint density at radius 1 is 0.480 bits per heavy atom. The third kappa shape index (κ3) is 4.31. The lowest BCUT2D eigenvalue weighted by atomic mass is 9.89. The third-order valence-corrected chi connectivity index (χ3v) is 9.57. The number of aromatic nitrogens is 2. The molecule has 2 aromatic heterocycles. The van der Waals surface area contributed by atoms with Gasteiger partial charge in [-0.2, -0.15) is 5.26 Å². The topological polar surface area (TPSA) is 42.4 Å². The number of fused-ring (bicyclic) bond motifs is 6. The fourth-order valence-electron chi connectivity index (χ4n) is 7.47. The van der Waals surface area contributed by atoms with Gasteiger partial charge in [-0.05, 0) is 76.5 Å². The van der Waals surface area contributed by atoms with Crippen LogP contribution >= 0.6 is 0 Å². The zero-order chi connectivity index (χ0) is 33.8. The van der Waals surface area contributed by atoms with Gasteiger partial charge in [0, 0.05) is 27.6 Å². The van der Waals surface area contributed by atoms with Crippen molar-refractivity contribution in [3.8, 4) is 39.7 Å². The molecule has 50 heavy (non-hydrogen) atoms. The van der Waals surface area contributed by atoms with Gasteiger partial charge in [-0.3, -0.25) is 0 Å². The second-order valence-corrected chi connectivity index (χ2v) is 12.2. The molecule has 0 radical (unpaired) electrons. The van der Waals surface area contributed by atoms with Gasteiger partial charge in [0.15, 0.2) is 11.4 Å². The lowest BCUT2D eigenvalue weighted by molar-refractivity contribution is 1.17. The van der Waals surface area contributed by atoms with E-state index in [1.165, 1.54) is 10.8 Å². The van der Waals surface area contributed by atoms with Crippen LogP contribution in [-0.2, 0) is 0 Å². The van der Waals surface area contributed by atoms with Gasteiger partial charge in [-0.25, -0.2) is 9.69 Å². The van der Waals surface area contributed by atoms with E-state index < -0.39 is 0 Å². The van der Waals surface area contributed by atoms with Crippen molar-refractivity contribution in [3.05, 3.63) is 180 Å². The Bertz CT molecular complexity index is 2830. The molecule has 0 aliphatic rings. The Labute approximate surface area is 288 Å². The van der Waals surface area contributed by atoms with E-state index >= 15 is 0 Å². The van der Waals surface area contributed by atoms with Gasteiger partial charge in [0.05, 0.1) is 52.5 Å². The summed E-state index contributed by atoms with van der Waals surface area (Å²) in [5.74, 6) is 0. The summed E-state index contributed by atoms with van der Waals surface area (Å²) in [6.45, 7) is 15.3. The van der Waals surface area contributed by atoms with Crippen molar-refractivity contribution in [1.82, 2.24) is 9.13 Å². The van der Waals surface area contributed by atoms with Crippen molar-refractivity contribution in [1.29, 1.82) is 5.26 Å². The van der Waals surface area contributed by atoms with Crippen molar-refractivity contribution >= 4 is 55.0 Å². The first-order valence-electron chi connectivity index (χ1n) is 16.2. The molecular weight excluding hydrogens is 611 g/mol. The smallest absolute Gasteiger partial charge is 0.188 e. The number of benzene rings is 7. The van der Waals surface area contributed by atoms with Gasteiger partial charge >= 0.3 is 0 Å². The Morgan fingerprint density at radius 2 is 1.02 bits per heavy atom. The summed E-state index contributed by atoms with van der Waals surface area (Å²) in [6.07, 6.45) is 0. The van der Waals surface area contributed by atoms with Crippen LogP contribution in [0.25, 0.3) is 86.9 Å². The summed E-state index contributed by atoms with van der Waals surface area (Å²) < 4.78 is 4.47. The predicted octanol–water partition coefficient (Wildman–Crippen LogP) is 12.2. The van der Waals surface area contributed by atoms with Crippen LogP contribution in [-0.4, -0.2) is 9.13 Å². The summed E-state index contributed by atoms with van der Waals surface area (Å²) in [4.78, 5) is 7.38. The van der Waals surface area contributed by atoms with Crippen LogP contribution in [0.1, 0.15) is 5.56 Å². The fraction of sp³-hybridized carbons (Fsp3) is 0. The highest BCUT2D eigenvalue weighted by Gasteiger charge is 2.22. The van der Waals surface area contributed by atoms with Crippen molar-refractivity contribution < 1.29 is 0 Å². The molecule has 5 heteroatoms. The molecule has 0 saturated heterocycles. The molecule has 9 rings (SSSR count). The van der Waals surface area contributed by atoms with Crippen LogP contribution in [0.15, 0.2) is 152 Å². The number of rotatable bonds is 4. The Kier molecular flexibility index (Phi) is 6.56. The van der Waals surface area contributed by atoms with Crippen LogP contribution in [0.2, 0.25) is 0 Å². The highest BCUT2D eigenvalue weighted by Crippen LogP contribution is 2.44. The van der Waals surface area contributed by atoms with E-state index in [0.29, 0.717) is 16.9 Å². The van der Waals surface area contributed by atoms with Crippen molar-refractivity contribution in [2.45, 2.75) is 0 Å². The number of hydrogen-bond acceptors (Lipinski definition) is 1. The Morgan fingerprint density at radius 3 is 1.62 bits per heavy atom. The molecule has 0 unspecified atom stereocenters. The molecule has 0 fully saturated rings. The van der Waals surface area contributed by atoms with E-state index in [1.54, 1.807) is 0 Å². The Hall–Kier alpha value is -7.39. The SMILES string of the molecule is [C-]#[N+]c1ccc2c(c1)c1cc([N+]#[C-])ccc1n2-c1cc(C#N)c(-c2ccccc2)c(-c2ccccc2-n2c3ccccc3c3ccccc32)c1. The van der Waals surface area contributed by atoms with Crippen LogP contribution in [0.3, 0.4) is 0 Å². The maximum Gasteiger partial charge on any atom is 0.188 e. The van der Waals surface area contributed by atoms with Gasteiger partial charge in [0.25, 0.3) is 0 Å². The van der Waals surface area contributed by atoms with Gasteiger partial charge in [0.1, 0.15) is 0 Å². The minimum atomic E-state index is 0.530. The second-order valence-electron chi connectivity index (χ2n) is 12.2. The molecule has 0 spiro atoms. The zero-order valence-electron chi connectivity index (χ0n) is 26.7. The van der Waals surface area contributed by atoms with Crippen LogP contribution < -0.4 is 0 Å². The lowest BCUT2D eigenvalue weighted by Gasteiger charge is -2.20. The predicted molar refractivity (Wildman–Crippen MR) is 203 cm³/mol. The van der Waals surface area contributed by atoms with E-state index in [2.05, 4.69) is 116 Å². The van der Waals surface area contributed by atoms with Crippen molar-refractivity contribution in [3.63, 3.8) is 0 Å². The summed E-state index contributed by atoms with van der Waals surface area (Å²) in [5.41, 5.74) is 11.2. The van der Waals surface area contributed by atoms with Crippen LogP contribution in [0.4, 0.5) is 11.4 Å². The molecular formula is C45H25N5. The molecule has 0 aliphatic carbocycles. The summed E-state index contributed by atoms with van der Waals surface area (Å²) >= 11 is 0. The molecule has 7 aromatic carbocycles. The average Bonchev–Trinajstić information content (AvgIpc) is 3.69. The van der Waals surface area contributed by atoms with E-state index in [1.807, 2.05) is 60.7 Å². The normalized spacial score (nSPS) is 11.1. The maximum absolute atomic E-state index is 10.8. The van der Waals surface area contributed by atoms with E-state index in [9.17, 15) is 5.26 Å². The van der Waals surface area contributed by atoms with Crippen molar-refractivity contribution in [2.75, 3.05) is 0 Å². The third-order valence-electron chi connectivity index (χ3n) is 9.57. The molecule has 9 aromatic rings. The van der Waals surface area contributed by atoms with E-state index in [-0.39, 0.29) is 0 Å². The molecule has 2 heterocycles. The number of hydrogen-bond donors (Lipinski definition) is 0. The Balaban J connectivity index is 1.41. The minimum Gasteiger partial charge on any atom is -0.309 e. The molecule has 0 N–H and O–H groups in total.